The van der Waals surface area contributed by atoms with Crippen molar-refractivity contribution < 1.29 is 14.6 Å². The number of rotatable bonds is 4. The number of carbonyl (C=O) groups is 1. The number of nitrogens with zero attached hydrogens (tertiary/aromatic N) is 2. The number of aromatic carboxylic acids is 1. The van der Waals surface area contributed by atoms with Gasteiger partial charge >= 0.3 is 5.97 Å². The minimum atomic E-state index is -1.28. The molecule has 0 aliphatic rings. The van der Waals surface area contributed by atoms with Crippen molar-refractivity contribution in [1.29, 1.82) is 0 Å². The maximum Gasteiger partial charge on any atom is 0.341 e. The topological polar surface area (TPSA) is 105 Å². The van der Waals surface area contributed by atoms with E-state index in [4.69, 9.17) is 9.84 Å². The predicted octanol–water partition coefficient (Wildman–Crippen LogP) is 0.929. The first-order valence-corrected chi connectivity index (χ1v) is 5.53. The second kappa shape index (κ2) is 5.30. The molecule has 0 saturated carbocycles. The third-order valence-corrected chi connectivity index (χ3v) is 2.32. The van der Waals surface area contributed by atoms with Crippen LogP contribution in [0, 0.1) is 0 Å². The lowest BCUT2D eigenvalue weighted by Crippen LogP contribution is -2.17. The molecule has 7 nitrogen and oxygen atoms in total. The summed E-state index contributed by atoms with van der Waals surface area (Å²) in [6.07, 6.45) is 2.91. The molecule has 0 spiro atoms. The Morgan fingerprint density at radius 2 is 2.21 bits per heavy atom. The van der Waals surface area contributed by atoms with Crippen LogP contribution in [0.4, 0.5) is 0 Å². The van der Waals surface area contributed by atoms with Gasteiger partial charge in [0.15, 0.2) is 0 Å². The number of ether oxygens (including phenoxy) is 1. The molecule has 0 radical (unpaired) electrons. The quantitative estimate of drug-likeness (QED) is 0.848. The highest BCUT2D eigenvalue weighted by Gasteiger charge is 2.10. The van der Waals surface area contributed by atoms with Gasteiger partial charge in [-0.25, -0.2) is 9.78 Å². The zero-order chi connectivity index (χ0) is 13.8. The highest BCUT2D eigenvalue weighted by Crippen LogP contribution is 2.15. The summed E-state index contributed by atoms with van der Waals surface area (Å²) in [7, 11) is 0. The molecule has 0 aliphatic carbocycles. The maximum atomic E-state index is 11.5. The summed E-state index contributed by atoms with van der Waals surface area (Å²) in [6.45, 7) is 2.27. The first kappa shape index (κ1) is 12.7. The Kier molecular flexibility index (Phi) is 3.56. The van der Waals surface area contributed by atoms with Crippen molar-refractivity contribution in [2.24, 2.45) is 0 Å². The molecule has 0 amide bonds. The van der Waals surface area contributed by atoms with Gasteiger partial charge in [0.25, 0.3) is 5.56 Å². The summed E-state index contributed by atoms with van der Waals surface area (Å²) in [6, 6.07) is 2.69. The maximum absolute atomic E-state index is 11.5. The fraction of sp³-hybridized carbons (Fsp3) is 0.167. The molecule has 19 heavy (non-hydrogen) atoms. The zero-order valence-corrected chi connectivity index (χ0v) is 10.1. The van der Waals surface area contributed by atoms with Gasteiger partial charge in [-0.1, -0.05) is 0 Å². The lowest BCUT2D eigenvalue weighted by atomic mass is 10.2. The van der Waals surface area contributed by atoms with Gasteiger partial charge in [-0.05, 0) is 19.1 Å². The van der Waals surface area contributed by atoms with Gasteiger partial charge in [0, 0.05) is 0 Å². The fourth-order valence-corrected chi connectivity index (χ4v) is 1.49. The van der Waals surface area contributed by atoms with E-state index in [1.807, 2.05) is 6.92 Å². The van der Waals surface area contributed by atoms with Gasteiger partial charge in [-0.2, -0.15) is 0 Å². The number of aromatic nitrogens is 3. The Morgan fingerprint density at radius 3 is 2.84 bits per heavy atom. The Labute approximate surface area is 107 Å². The molecular weight excluding hydrogens is 250 g/mol. The van der Waals surface area contributed by atoms with Gasteiger partial charge in [-0.3, -0.25) is 9.78 Å². The Hall–Kier alpha value is -2.70. The number of nitrogens with one attached hydrogen (secondary N) is 1. The first-order valence-electron chi connectivity index (χ1n) is 5.53. The zero-order valence-electron chi connectivity index (χ0n) is 10.1. The number of H-pyrrole nitrogens is 1. The predicted molar refractivity (Wildman–Crippen MR) is 66.2 cm³/mol. The molecule has 98 valence electrons. The van der Waals surface area contributed by atoms with E-state index in [2.05, 4.69) is 15.0 Å². The van der Waals surface area contributed by atoms with Crippen LogP contribution in [0.25, 0.3) is 11.4 Å². The third kappa shape index (κ3) is 2.76. The van der Waals surface area contributed by atoms with Gasteiger partial charge in [-0.15, -0.1) is 0 Å². The molecule has 2 aromatic heterocycles. The number of hydrogen-bond donors (Lipinski definition) is 2. The molecule has 0 saturated heterocycles. The van der Waals surface area contributed by atoms with Gasteiger partial charge in [0.2, 0.25) is 5.88 Å². The van der Waals surface area contributed by atoms with Crippen molar-refractivity contribution in [1.82, 2.24) is 15.0 Å². The first-order chi connectivity index (χ1) is 9.11. The molecule has 2 rings (SSSR count). The summed E-state index contributed by atoms with van der Waals surface area (Å²) in [4.78, 5) is 32.8. The van der Waals surface area contributed by atoms with Crippen LogP contribution in [-0.4, -0.2) is 32.6 Å². The second-order valence-electron chi connectivity index (χ2n) is 3.60. The van der Waals surface area contributed by atoms with E-state index in [-0.39, 0.29) is 5.56 Å². The van der Waals surface area contributed by atoms with Gasteiger partial charge in [0.05, 0.1) is 24.7 Å². The molecule has 2 heterocycles. The molecule has 0 atom stereocenters. The van der Waals surface area contributed by atoms with Crippen LogP contribution < -0.4 is 10.3 Å². The molecule has 0 fully saturated rings. The van der Waals surface area contributed by atoms with Crippen molar-refractivity contribution in [3.63, 3.8) is 0 Å². The van der Waals surface area contributed by atoms with Gasteiger partial charge < -0.3 is 14.8 Å². The minimum absolute atomic E-state index is 0.322. The number of hydrogen-bond acceptors (Lipinski definition) is 5. The van der Waals surface area contributed by atoms with Crippen LogP contribution in [0.2, 0.25) is 0 Å². The van der Waals surface area contributed by atoms with Crippen molar-refractivity contribution in [3.05, 3.63) is 40.4 Å². The van der Waals surface area contributed by atoms with Gasteiger partial charge in [0.1, 0.15) is 11.3 Å². The van der Waals surface area contributed by atoms with Crippen molar-refractivity contribution in [3.8, 4) is 17.3 Å². The standard InChI is InChI=1S/C12H11N3O4/c1-2-19-10-6-13-5-9(14-10)8-4-3-7(12(17)18)11(16)15-8/h3-6H,2H2,1H3,(H,15,16)(H,17,18). The average molecular weight is 261 g/mol. The van der Waals surface area contributed by atoms with Crippen molar-refractivity contribution >= 4 is 5.97 Å². The summed E-state index contributed by atoms with van der Waals surface area (Å²) in [5, 5.41) is 8.77. The Bertz CT molecular complexity index is 666. The molecule has 0 bridgehead atoms. The number of pyridine rings is 1. The SMILES string of the molecule is CCOc1cncc(-c2ccc(C(=O)O)c(=O)[nH]2)n1. The molecule has 0 unspecified atom stereocenters. The monoisotopic (exact) mass is 261 g/mol. The Balaban J connectivity index is 2.42. The summed E-state index contributed by atoms with van der Waals surface area (Å²) >= 11 is 0. The highest BCUT2D eigenvalue weighted by atomic mass is 16.5. The van der Waals surface area contributed by atoms with E-state index in [1.165, 1.54) is 24.5 Å². The largest absolute Gasteiger partial charge is 0.477 e. The molecule has 0 aliphatic heterocycles. The molecular formula is C12H11N3O4. The molecule has 2 aromatic rings. The van der Waals surface area contributed by atoms with Crippen LogP contribution in [-0.2, 0) is 0 Å². The van der Waals surface area contributed by atoms with Crippen LogP contribution in [0.15, 0.2) is 29.3 Å². The normalized spacial score (nSPS) is 10.2. The van der Waals surface area contributed by atoms with Crippen LogP contribution in [0.5, 0.6) is 5.88 Å². The molecule has 0 aromatic carbocycles. The molecule has 7 heteroatoms. The fourth-order valence-electron chi connectivity index (χ4n) is 1.49. The Morgan fingerprint density at radius 1 is 1.42 bits per heavy atom. The van der Waals surface area contributed by atoms with Crippen molar-refractivity contribution in [2.75, 3.05) is 6.61 Å². The van der Waals surface area contributed by atoms with E-state index in [1.54, 1.807) is 0 Å². The number of carboxylic acids is 1. The summed E-state index contributed by atoms with van der Waals surface area (Å²) < 4.78 is 5.20. The smallest absolute Gasteiger partial charge is 0.341 e. The van der Waals surface area contributed by atoms with E-state index in [0.29, 0.717) is 23.9 Å². The lowest BCUT2D eigenvalue weighted by Gasteiger charge is -2.04. The van der Waals surface area contributed by atoms with Crippen molar-refractivity contribution in [2.45, 2.75) is 6.92 Å². The van der Waals surface area contributed by atoms with Crippen LogP contribution in [0.3, 0.4) is 0 Å². The highest BCUT2D eigenvalue weighted by molar-refractivity contribution is 5.87. The lowest BCUT2D eigenvalue weighted by molar-refractivity contribution is 0.0695. The van der Waals surface area contributed by atoms with E-state index in [9.17, 15) is 9.59 Å². The summed E-state index contributed by atoms with van der Waals surface area (Å²) in [5.41, 5.74) is -0.227. The second-order valence-corrected chi connectivity index (χ2v) is 3.60. The third-order valence-electron chi connectivity index (χ3n) is 2.32. The average Bonchev–Trinajstić information content (AvgIpc) is 2.39. The summed E-state index contributed by atoms with van der Waals surface area (Å²) in [5.74, 6) is -0.940. The molecule has 2 N–H and O–H groups in total. The van der Waals surface area contributed by atoms with E-state index < -0.39 is 11.5 Å². The number of aromatic amines is 1. The van der Waals surface area contributed by atoms with E-state index in [0.717, 1.165) is 0 Å². The van der Waals surface area contributed by atoms with Crippen LogP contribution in [0.1, 0.15) is 17.3 Å². The number of carboxylic acid groups (broad SMARTS) is 1. The van der Waals surface area contributed by atoms with E-state index >= 15 is 0 Å². The minimum Gasteiger partial charge on any atom is -0.477 e. The van der Waals surface area contributed by atoms with Crippen LogP contribution >= 0.6 is 0 Å².